The van der Waals surface area contributed by atoms with Crippen LogP contribution in [0.25, 0.3) is 0 Å². The van der Waals surface area contributed by atoms with E-state index in [0.29, 0.717) is 17.5 Å². The largest absolute Gasteiger partial charge is 0.367 e. The van der Waals surface area contributed by atoms with Gasteiger partial charge in [-0.15, -0.1) is 0 Å². The summed E-state index contributed by atoms with van der Waals surface area (Å²) in [6.07, 6.45) is 3.32. The predicted octanol–water partition coefficient (Wildman–Crippen LogP) is 1.92. The Morgan fingerprint density at radius 2 is 1.89 bits per heavy atom. The van der Waals surface area contributed by atoms with Gasteiger partial charge in [0.15, 0.2) is 0 Å². The number of carbonyl (C=O) groups is 1. The number of hydrogen-bond donors (Lipinski definition) is 0. The summed E-state index contributed by atoms with van der Waals surface area (Å²) in [5, 5.41) is 0. The smallest absolute Gasteiger partial charge is 0.150 e. The molecule has 3 rings (SSSR count). The third-order valence-electron chi connectivity index (χ3n) is 3.83. The van der Waals surface area contributed by atoms with E-state index in [0.717, 1.165) is 32.2 Å². The molecule has 4 heteroatoms. The molecule has 1 aromatic carbocycles. The van der Waals surface area contributed by atoms with E-state index < -0.39 is 0 Å². The molecule has 96 valence electrons. The normalized spacial score (nSPS) is 21.1. The van der Waals surface area contributed by atoms with Gasteiger partial charge in [-0.25, -0.2) is 4.39 Å². The van der Waals surface area contributed by atoms with Gasteiger partial charge in [0.1, 0.15) is 12.1 Å². The number of rotatable bonds is 3. The highest BCUT2D eigenvalue weighted by Gasteiger charge is 2.31. The number of halogens is 1. The highest BCUT2D eigenvalue weighted by atomic mass is 19.1. The van der Waals surface area contributed by atoms with Gasteiger partial charge in [0.05, 0.1) is 5.69 Å². The summed E-state index contributed by atoms with van der Waals surface area (Å²) in [7, 11) is 0. The van der Waals surface area contributed by atoms with Gasteiger partial charge in [-0.3, -0.25) is 9.69 Å². The van der Waals surface area contributed by atoms with E-state index in [2.05, 4.69) is 9.80 Å². The van der Waals surface area contributed by atoms with Crippen molar-refractivity contribution < 1.29 is 9.18 Å². The minimum atomic E-state index is -0.292. The Hall–Kier alpha value is -1.42. The van der Waals surface area contributed by atoms with Crippen LogP contribution in [0.3, 0.4) is 0 Å². The molecule has 0 radical (unpaired) electrons. The minimum absolute atomic E-state index is 0.292. The lowest BCUT2D eigenvalue weighted by Gasteiger charge is -2.36. The van der Waals surface area contributed by atoms with E-state index in [1.165, 1.54) is 18.9 Å². The van der Waals surface area contributed by atoms with E-state index >= 15 is 0 Å². The summed E-state index contributed by atoms with van der Waals surface area (Å²) >= 11 is 0. The lowest BCUT2D eigenvalue weighted by Crippen LogP contribution is -2.47. The van der Waals surface area contributed by atoms with Crippen molar-refractivity contribution >= 4 is 12.0 Å². The van der Waals surface area contributed by atoms with Gasteiger partial charge in [-0.05, 0) is 31.0 Å². The van der Waals surface area contributed by atoms with Crippen molar-refractivity contribution in [3.8, 4) is 0 Å². The first-order valence-corrected chi connectivity index (χ1v) is 6.51. The van der Waals surface area contributed by atoms with Crippen LogP contribution in [-0.2, 0) is 0 Å². The number of nitrogens with zero attached hydrogens (tertiary/aromatic N) is 2. The Kier molecular flexibility index (Phi) is 3.04. The monoisotopic (exact) mass is 248 g/mol. The fraction of sp³-hybridized carbons (Fsp3) is 0.500. The summed E-state index contributed by atoms with van der Waals surface area (Å²) in [4.78, 5) is 15.2. The molecule has 3 nitrogen and oxygen atoms in total. The molecule has 0 bridgehead atoms. The van der Waals surface area contributed by atoms with Gasteiger partial charge in [0.2, 0.25) is 0 Å². The maximum atomic E-state index is 13.9. The van der Waals surface area contributed by atoms with Crippen molar-refractivity contribution in [2.45, 2.75) is 18.9 Å². The Morgan fingerprint density at radius 3 is 2.44 bits per heavy atom. The zero-order valence-electron chi connectivity index (χ0n) is 10.3. The second-order valence-electron chi connectivity index (χ2n) is 5.08. The first-order chi connectivity index (χ1) is 8.78. The molecule has 1 heterocycles. The third kappa shape index (κ3) is 2.25. The Labute approximate surface area is 106 Å². The average molecular weight is 248 g/mol. The lowest BCUT2D eigenvalue weighted by atomic mass is 10.2. The number of aldehydes is 1. The first kappa shape index (κ1) is 11.7. The van der Waals surface area contributed by atoms with Gasteiger partial charge in [0, 0.05) is 37.8 Å². The van der Waals surface area contributed by atoms with Crippen molar-refractivity contribution in [3.63, 3.8) is 0 Å². The molecule has 2 fully saturated rings. The number of benzene rings is 1. The molecule has 0 N–H and O–H groups in total. The molecule has 0 aromatic heterocycles. The predicted molar refractivity (Wildman–Crippen MR) is 68.6 cm³/mol. The molecular formula is C14H17FN2O. The minimum Gasteiger partial charge on any atom is -0.367 e. The van der Waals surface area contributed by atoms with Crippen LogP contribution in [0, 0.1) is 5.82 Å². The molecule has 1 saturated heterocycles. The molecule has 2 aliphatic rings. The highest BCUT2D eigenvalue weighted by Crippen LogP contribution is 2.29. The Balaban J connectivity index is 1.69. The van der Waals surface area contributed by atoms with Gasteiger partial charge in [-0.1, -0.05) is 0 Å². The molecule has 1 saturated carbocycles. The van der Waals surface area contributed by atoms with Crippen LogP contribution in [0.2, 0.25) is 0 Å². The van der Waals surface area contributed by atoms with Gasteiger partial charge < -0.3 is 4.90 Å². The van der Waals surface area contributed by atoms with Crippen LogP contribution in [-0.4, -0.2) is 43.4 Å². The molecule has 1 aliphatic carbocycles. The van der Waals surface area contributed by atoms with Crippen LogP contribution in [0.1, 0.15) is 23.2 Å². The van der Waals surface area contributed by atoms with E-state index in [9.17, 15) is 9.18 Å². The molecule has 1 aromatic rings. The maximum Gasteiger partial charge on any atom is 0.150 e. The van der Waals surface area contributed by atoms with Crippen molar-refractivity contribution in [1.82, 2.24) is 4.90 Å². The molecule has 0 atom stereocenters. The second-order valence-corrected chi connectivity index (χ2v) is 5.08. The first-order valence-electron chi connectivity index (χ1n) is 6.51. The SMILES string of the molecule is O=Cc1ccc(N2CCN(C3CC3)CC2)c(F)c1. The molecule has 18 heavy (non-hydrogen) atoms. The fourth-order valence-electron chi connectivity index (χ4n) is 2.62. The van der Waals surface area contributed by atoms with Crippen molar-refractivity contribution in [1.29, 1.82) is 0 Å². The molecule has 0 amide bonds. The fourth-order valence-corrected chi connectivity index (χ4v) is 2.62. The van der Waals surface area contributed by atoms with Gasteiger partial charge in [-0.2, -0.15) is 0 Å². The van der Waals surface area contributed by atoms with Crippen molar-refractivity contribution in [3.05, 3.63) is 29.6 Å². The zero-order valence-corrected chi connectivity index (χ0v) is 10.3. The summed E-state index contributed by atoms with van der Waals surface area (Å²) in [6.45, 7) is 3.76. The topological polar surface area (TPSA) is 23.6 Å². The highest BCUT2D eigenvalue weighted by molar-refractivity contribution is 5.76. The van der Waals surface area contributed by atoms with Crippen LogP contribution in [0.15, 0.2) is 18.2 Å². The number of hydrogen-bond acceptors (Lipinski definition) is 3. The van der Waals surface area contributed by atoms with Crippen molar-refractivity contribution in [2.24, 2.45) is 0 Å². The van der Waals surface area contributed by atoms with E-state index in [4.69, 9.17) is 0 Å². The standard InChI is InChI=1S/C14H17FN2O/c15-13-9-11(10-18)1-4-14(13)17-7-5-16(6-8-17)12-2-3-12/h1,4,9-10,12H,2-3,5-8H2. The summed E-state index contributed by atoms with van der Waals surface area (Å²) in [6, 6.07) is 5.49. The van der Waals surface area contributed by atoms with Crippen molar-refractivity contribution in [2.75, 3.05) is 31.1 Å². The van der Waals surface area contributed by atoms with E-state index in [1.807, 2.05) is 0 Å². The summed E-state index contributed by atoms with van der Waals surface area (Å²) < 4.78 is 13.9. The third-order valence-corrected chi connectivity index (χ3v) is 3.83. The van der Waals surface area contributed by atoms with Gasteiger partial charge >= 0.3 is 0 Å². The lowest BCUT2D eigenvalue weighted by molar-refractivity contribution is 0.112. The van der Waals surface area contributed by atoms with E-state index in [-0.39, 0.29) is 5.82 Å². The number of carbonyl (C=O) groups excluding carboxylic acids is 1. The van der Waals surface area contributed by atoms with E-state index in [1.54, 1.807) is 12.1 Å². The zero-order chi connectivity index (χ0) is 12.5. The van der Waals surface area contributed by atoms with Crippen LogP contribution >= 0.6 is 0 Å². The maximum absolute atomic E-state index is 13.9. The quantitative estimate of drug-likeness (QED) is 0.764. The number of anilines is 1. The Bertz CT molecular complexity index is 451. The number of piperazine rings is 1. The second kappa shape index (κ2) is 4.69. The molecule has 0 unspecified atom stereocenters. The molecule has 0 spiro atoms. The van der Waals surface area contributed by atoms with Crippen LogP contribution < -0.4 is 4.90 Å². The van der Waals surface area contributed by atoms with Gasteiger partial charge in [0.25, 0.3) is 0 Å². The molecular weight excluding hydrogens is 231 g/mol. The van der Waals surface area contributed by atoms with Crippen LogP contribution in [0.5, 0.6) is 0 Å². The van der Waals surface area contributed by atoms with Crippen LogP contribution in [0.4, 0.5) is 10.1 Å². The Morgan fingerprint density at radius 1 is 1.17 bits per heavy atom. The average Bonchev–Trinajstić information content (AvgIpc) is 3.23. The molecule has 1 aliphatic heterocycles. The summed E-state index contributed by atoms with van der Waals surface area (Å²) in [5.41, 5.74) is 1.02. The summed E-state index contributed by atoms with van der Waals surface area (Å²) in [5.74, 6) is -0.292.